The van der Waals surface area contributed by atoms with Gasteiger partial charge in [-0.3, -0.25) is 0 Å². The second-order valence-electron chi connectivity index (χ2n) is 5.86. The van der Waals surface area contributed by atoms with Gasteiger partial charge in [0.2, 0.25) is 0 Å². The number of halogens is 1. The topological polar surface area (TPSA) is 138 Å². The third-order valence-corrected chi connectivity index (χ3v) is 4.36. The number of nitrogens with zero attached hydrogens (tertiary/aromatic N) is 6. The van der Waals surface area contributed by atoms with E-state index < -0.39 is 0 Å². The number of rotatable bonds is 4. The quantitative estimate of drug-likeness (QED) is 0.481. The number of hydrogen-bond donors (Lipinski definition) is 3. The smallest absolute Gasteiger partial charge is 0.155 e. The summed E-state index contributed by atoms with van der Waals surface area (Å²) < 4.78 is 1.52. The number of phenolic OH excluding ortho intramolecular Hbond substituents is 1. The highest BCUT2D eigenvalue weighted by molar-refractivity contribution is 6.29. The summed E-state index contributed by atoms with van der Waals surface area (Å²) in [7, 11) is 0. The van der Waals surface area contributed by atoms with E-state index in [1.54, 1.807) is 24.3 Å². The standard InChI is InChI=1S/C18H13ClN8O/c19-14-8-22-15-5-11(7-23-18-13(6-20)17(21)24-9-25-18)16(26-27(14)15)10-1-3-12(28)4-2-10/h1-5,8-9,28H,7H2,(H3,21,23,24,25). The zero-order valence-corrected chi connectivity index (χ0v) is 15.1. The van der Waals surface area contributed by atoms with Crippen LogP contribution in [-0.2, 0) is 6.54 Å². The molecule has 0 saturated heterocycles. The molecule has 0 unspecified atom stereocenters. The van der Waals surface area contributed by atoms with Gasteiger partial charge in [0.15, 0.2) is 10.8 Å². The molecule has 28 heavy (non-hydrogen) atoms. The van der Waals surface area contributed by atoms with E-state index >= 15 is 0 Å². The maximum absolute atomic E-state index is 9.57. The lowest BCUT2D eigenvalue weighted by Crippen LogP contribution is -2.09. The number of aromatic nitrogens is 5. The van der Waals surface area contributed by atoms with E-state index in [1.807, 2.05) is 12.1 Å². The number of benzene rings is 1. The molecule has 0 atom stereocenters. The van der Waals surface area contributed by atoms with Crippen molar-refractivity contribution in [3.8, 4) is 23.1 Å². The molecule has 4 N–H and O–H groups in total. The first-order valence-corrected chi connectivity index (χ1v) is 8.51. The summed E-state index contributed by atoms with van der Waals surface area (Å²) in [6.07, 6.45) is 2.80. The maximum Gasteiger partial charge on any atom is 0.155 e. The summed E-state index contributed by atoms with van der Waals surface area (Å²) in [5.41, 5.74) is 8.70. The summed E-state index contributed by atoms with van der Waals surface area (Å²) in [5, 5.41) is 26.9. The fourth-order valence-corrected chi connectivity index (χ4v) is 2.92. The summed E-state index contributed by atoms with van der Waals surface area (Å²) >= 11 is 6.16. The lowest BCUT2D eigenvalue weighted by atomic mass is 10.1. The van der Waals surface area contributed by atoms with Gasteiger partial charge < -0.3 is 16.2 Å². The molecule has 0 bridgehead atoms. The number of imidazole rings is 1. The Hall–Kier alpha value is -3.90. The van der Waals surface area contributed by atoms with Crippen LogP contribution in [0, 0.1) is 11.3 Å². The Kier molecular flexibility index (Phi) is 4.39. The van der Waals surface area contributed by atoms with Gasteiger partial charge >= 0.3 is 0 Å². The van der Waals surface area contributed by atoms with Crippen LogP contribution in [0.25, 0.3) is 16.9 Å². The van der Waals surface area contributed by atoms with Gasteiger partial charge in [0, 0.05) is 17.7 Å². The molecule has 4 aromatic rings. The molecule has 10 heteroatoms. The number of hydrogen-bond acceptors (Lipinski definition) is 8. The lowest BCUT2D eigenvalue weighted by Gasteiger charge is -2.12. The molecule has 0 amide bonds. The Morgan fingerprint density at radius 1 is 1.21 bits per heavy atom. The van der Waals surface area contributed by atoms with Crippen LogP contribution >= 0.6 is 11.6 Å². The highest BCUT2D eigenvalue weighted by atomic mass is 35.5. The van der Waals surface area contributed by atoms with Crippen LogP contribution in [0.4, 0.5) is 11.6 Å². The van der Waals surface area contributed by atoms with E-state index in [9.17, 15) is 10.4 Å². The van der Waals surface area contributed by atoms with E-state index in [4.69, 9.17) is 17.3 Å². The zero-order valence-electron chi connectivity index (χ0n) is 14.3. The van der Waals surface area contributed by atoms with Crippen molar-refractivity contribution >= 4 is 28.9 Å². The van der Waals surface area contributed by atoms with Gasteiger partial charge in [-0.2, -0.15) is 10.4 Å². The Morgan fingerprint density at radius 2 is 2.00 bits per heavy atom. The molecule has 0 fully saturated rings. The minimum absolute atomic E-state index is 0.104. The summed E-state index contributed by atoms with van der Waals surface area (Å²) in [6, 6.07) is 10.5. The Balaban J connectivity index is 1.77. The molecule has 3 aromatic heterocycles. The molecule has 3 heterocycles. The second kappa shape index (κ2) is 7.02. The molecular weight excluding hydrogens is 380 g/mol. The van der Waals surface area contributed by atoms with Crippen molar-refractivity contribution in [2.45, 2.75) is 6.54 Å². The first kappa shape index (κ1) is 17.5. The molecule has 9 nitrogen and oxygen atoms in total. The number of nitriles is 1. The number of nitrogens with one attached hydrogen (secondary N) is 1. The zero-order chi connectivity index (χ0) is 19.7. The van der Waals surface area contributed by atoms with Gasteiger partial charge in [0.25, 0.3) is 0 Å². The number of fused-ring (bicyclic) bond motifs is 1. The summed E-state index contributed by atoms with van der Waals surface area (Å²) in [6.45, 7) is 0.301. The summed E-state index contributed by atoms with van der Waals surface area (Å²) in [5.74, 6) is 0.584. The number of aromatic hydroxyl groups is 1. The average molecular weight is 393 g/mol. The highest BCUT2D eigenvalue weighted by Gasteiger charge is 2.14. The molecule has 0 spiro atoms. The van der Waals surface area contributed by atoms with E-state index in [-0.39, 0.29) is 17.1 Å². The van der Waals surface area contributed by atoms with Crippen molar-refractivity contribution in [3.05, 3.63) is 59.1 Å². The highest BCUT2D eigenvalue weighted by Crippen LogP contribution is 2.27. The van der Waals surface area contributed by atoms with Crippen molar-refractivity contribution < 1.29 is 5.11 Å². The van der Waals surface area contributed by atoms with Crippen LogP contribution in [-0.4, -0.2) is 29.7 Å². The van der Waals surface area contributed by atoms with Gasteiger partial charge in [-0.05, 0) is 30.3 Å². The second-order valence-corrected chi connectivity index (χ2v) is 6.25. The Bertz CT molecular complexity index is 1210. The number of anilines is 2. The van der Waals surface area contributed by atoms with Crippen LogP contribution in [0.2, 0.25) is 5.15 Å². The van der Waals surface area contributed by atoms with Crippen LogP contribution in [0.1, 0.15) is 11.1 Å². The van der Waals surface area contributed by atoms with E-state index in [2.05, 4.69) is 25.4 Å². The molecule has 0 aliphatic heterocycles. The minimum Gasteiger partial charge on any atom is -0.508 e. The van der Waals surface area contributed by atoms with E-state index in [1.165, 1.54) is 17.0 Å². The average Bonchev–Trinajstić information content (AvgIpc) is 3.06. The van der Waals surface area contributed by atoms with Gasteiger partial charge in [-0.25, -0.2) is 19.5 Å². The molecule has 0 radical (unpaired) electrons. The van der Waals surface area contributed by atoms with Gasteiger partial charge in [0.1, 0.15) is 35.3 Å². The Labute approximate surface area is 164 Å². The SMILES string of the molecule is N#Cc1c(N)ncnc1NCc1cc2ncc(Cl)n2nc1-c1ccc(O)cc1. The number of nitrogen functional groups attached to an aromatic ring is 1. The first-order chi connectivity index (χ1) is 13.6. The van der Waals surface area contributed by atoms with Crippen LogP contribution in [0.15, 0.2) is 42.9 Å². The fourth-order valence-electron chi connectivity index (χ4n) is 2.74. The normalized spacial score (nSPS) is 10.7. The predicted molar refractivity (Wildman–Crippen MR) is 104 cm³/mol. The summed E-state index contributed by atoms with van der Waals surface area (Å²) in [4.78, 5) is 12.1. The van der Waals surface area contributed by atoms with E-state index in [0.29, 0.717) is 28.9 Å². The first-order valence-electron chi connectivity index (χ1n) is 8.14. The van der Waals surface area contributed by atoms with Gasteiger partial charge in [-0.15, -0.1) is 0 Å². The number of phenols is 1. The molecule has 4 rings (SSSR count). The van der Waals surface area contributed by atoms with Crippen molar-refractivity contribution in [2.24, 2.45) is 0 Å². The molecule has 0 aliphatic rings. The van der Waals surface area contributed by atoms with E-state index in [0.717, 1.165) is 11.1 Å². The molecule has 0 aliphatic carbocycles. The molecule has 0 saturated carbocycles. The van der Waals surface area contributed by atoms with Crippen molar-refractivity contribution in [1.29, 1.82) is 5.26 Å². The lowest BCUT2D eigenvalue weighted by molar-refractivity contribution is 0.475. The van der Waals surface area contributed by atoms with Crippen molar-refractivity contribution in [1.82, 2.24) is 24.6 Å². The van der Waals surface area contributed by atoms with Gasteiger partial charge in [0.05, 0.1) is 11.9 Å². The van der Waals surface area contributed by atoms with Crippen molar-refractivity contribution in [2.75, 3.05) is 11.1 Å². The largest absolute Gasteiger partial charge is 0.508 e. The minimum atomic E-state index is 0.104. The van der Waals surface area contributed by atoms with Gasteiger partial charge in [-0.1, -0.05) is 11.6 Å². The van der Waals surface area contributed by atoms with Crippen LogP contribution in [0.3, 0.4) is 0 Å². The number of nitrogens with two attached hydrogens (primary N) is 1. The molecular formula is C18H13ClN8O. The maximum atomic E-state index is 9.57. The van der Waals surface area contributed by atoms with Crippen LogP contribution < -0.4 is 11.1 Å². The molecule has 1 aromatic carbocycles. The third-order valence-electron chi connectivity index (χ3n) is 4.11. The Morgan fingerprint density at radius 3 is 2.75 bits per heavy atom. The predicted octanol–water partition coefficient (Wildman–Crippen LogP) is 2.61. The van der Waals surface area contributed by atoms with Crippen LogP contribution in [0.5, 0.6) is 5.75 Å². The molecule has 138 valence electrons. The van der Waals surface area contributed by atoms with Crippen molar-refractivity contribution in [3.63, 3.8) is 0 Å². The fraction of sp³-hybridized carbons (Fsp3) is 0.0556. The monoisotopic (exact) mass is 392 g/mol. The third kappa shape index (κ3) is 3.13.